The fourth-order valence-corrected chi connectivity index (χ4v) is 4.17. The number of hydrogen-bond acceptors (Lipinski definition) is 4. The summed E-state index contributed by atoms with van der Waals surface area (Å²) in [6, 6.07) is 12.8. The molecule has 1 N–H and O–H groups in total. The van der Waals surface area contributed by atoms with E-state index in [0.717, 1.165) is 12.8 Å². The number of piperidine rings is 1. The number of anilines is 1. The number of carbonyl (C=O) groups is 1. The number of nitrogens with zero attached hydrogens (tertiary/aromatic N) is 1. The SMILES string of the molecule is COc1ccc(NS(=O)(=O)c2cccc(C(=O)N3CCC(C)CC3)c2)cc1. The fraction of sp³-hybridized carbons (Fsp3) is 0.350. The van der Waals surface area contributed by atoms with Crippen LogP contribution in [0.4, 0.5) is 5.69 Å². The van der Waals surface area contributed by atoms with Gasteiger partial charge in [0.05, 0.1) is 12.0 Å². The number of nitrogens with one attached hydrogen (secondary N) is 1. The monoisotopic (exact) mass is 388 g/mol. The third-order valence-corrected chi connectivity index (χ3v) is 6.18. The molecule has 1 amide bonds. The molecule has 1 aliphatic heterocycles. The van der Waals surface area contributed by atoms with Gasteiger partial charge in [0.25, 0.3) is 15.9 Å². The normalized spacial score (nSPS) is 15.4. The smallest absolute Gasteiger partial charge is 0.261 e. The van der Waals surface area contributed by atoms with Gasteiger partial charge >= 0.3 is 0 Å². The molecular formula is C20H24N2O4S. The van der Waals surface area contributed by atoms with Gasteiger partial charge in [-0.1, -0.05) is 13.0 Å². The minimum absolute atomic E-state index is 0.0644. The van der Waals surface area contributed by atoms with Crippen LogP contribution in [0.5, 0.6) is 5.75 Å². The molecule has 3 rings (SSSR count). The lowest BCUT2D eigenvalue weighted by Crippen LogP contribution is -2.37. The van der Waals surface area contributed by atoms with E-state index in [1.165, 1.54) is 12.1 Å². The van der Waals surface area contributed by atoms with Crippen molar-refractivity contribution in [3.05, 3.63) is 54.1 Å². The third-order valence-electron chi connectivity index (χ3n) is 4.80. The van der Waals surface area contributed by atoms with Gasteiger partial charge in [-0.3, -0.25) is 9.52 Å². The lowest BCUT2D eigenvalue weighted by molar-refractivity contribution is 0.0697. The molecule has 2 aromatic carbocycles. The molecule has 1 saturated heterocycles. The van der Waals surface area contributed by atoms with E-state index in [1.807, 2.05) is 0 Å². The Morgan fingerprint density at radius 2 is 1.78 bits per heavy atom. The summed E-state index contributed by atoms with van der Waals surface area (Å²) < 4.78 is 33.0. The van der Waals surface area contributed by atoms with Gasteiger partial charge in [-0.25, -0.2) is 8.42 Å². The van der Waals surface area contributed by atoms with Gasteiger partial charge < -0.3 is 9.64 Å². The second-order valence-corrected chi connectivity index (χ2v) is 8.52. The summed E-state index contributed by atoms with van der Waals surface area (Å²) in [6.07, 6.45) is 1.95. The summed E-state index contributed by atoms with van der Waals surface area (Å²) in [4.78, 5) is 14.6. The van der Waals surface area contributed by atoms with E-state index < -0.39 is 10.0 Å². The van der Waals surface area contributed by atoms with Gasteiger partial charge in [0.15, 0.2) is 0 Å². The Balaban J connectivity index is 1.77. The summed E-state index contributed by atoms with van der Waals surface area (Å²) >= 11 is 0. The van der Waals surface area contributed by atoms with E-state index in [9.17, 15) is 13.2 Å². The Bertz CT molecular complexity index is 902. The zero-order valence-corrected chi connectivity index (χ0v) is 16.3. The number of benzene rings is 2. The number of likely N-dealkylation sites (tertiary alicyclic amines) is 1. The van der Waals surface area contributed by atoms with Crippen molar-refractivity contribution in [2.75, 3.05) is 24.9 Å². The molecule has 6 nitrogen and oxygen atoms in total. The predicted molar refractivity (Wildman–Crippen MR) is 105 cm³/mol. The van der Waals surface area contributed by atoms with Gasteiger partial charge in [-0.05, 0) is 61.2 Å². The number of methoxy groups -OCH3 is 1. The Morgan fingerprint density at radius 3 is 2.41 bits per heavy atom. The average Bonchev–Trinajstić information content (AvgIpc) is 2.68. The molecule has 7 heteroatoms. The number of carbonyl (C=O) groups excluding carboxylic acids is 1. The lowest BCUT2D eigenvalue weighted by Gasteiger charge is -2.30. The molecular weight excluding hydrogens is 364 g/mol. The van der Waals surface area contributed by atoms with Crippen molar-refractivity contribution in [2.24, 2.45) is 5.92 Å². The van der Waals surface area contributed by atoms with Crippen LogP contribution in [0.3, 0.4) is 0 Å². The first kappa shape index (κ1) is 19.2. The van der Waals surface area contributed by atoms with Crippen molar-refractivity contribution in [1.29, 1.82) is 0 Å². The number of ether oxygens (including phenoxy) is 1. The number of amides is 1. The topological polar surface area (TPSA) is 75.7 Å². The maximum atomic E-state index is 12.7. The van der Waals surface area contributed by atoms with Crippen LogP contribution in [-0.4, -0.2) is 39.4 Å². The molecule has 144 valence electrons. The summed E-state index contributed by atoms with van der Waals surface area (Å²) in [5.41, 5.74) is 0.819. The molecule has 0 bridgehead atoms. The molecule has 0 unspecified atom stereocenters. The van der Waals surface area contributed by atoms with Crippen molar-refractivity contribution in [3.63, 3.8) is 0 Å². The highest BCUT2D eigenvalue weighted by atomic mass is 32.2. The molecule has 0 atom stereocenters. The van der Waals surface area contributed by atoms with Crippen LogP contribution >= 0.6 is 0 Å². The summed E-state index contributed by atoms with van der Waals surface area (Å²) in [5.74, 6) is 1.14. The van der Waals surface area contributed by atoms with E-state index in [0.29, 0.717) is 36.0 Å². The van der Waals surface area contributed by atoms with Crippen LogP contribution in [-0.2, 0) is 10.0 Å². The molecule has 0 aromatic heterocycles. The second-order valence-electron chi connectivity index (χ2n) is 6.84. The first-order chi connectivity index (χ1) is 12.9. The van der Waals surface area contributed by atoms with Crippen molar-refractivity contribution in [2.45, 2.75) is 24.7 Å². The number of hydrogen-bond donors (Lipinski definition) is 1. The zero-order valence-electron chi connectivity index (χ0n) is 15.5. The highest BCUT2D eigenvalue weighted by Crippen LogP contribution is 2.22. The summed E-state index contributed by atoms with van der Waals surface area (Å²) in [7, 11) is -2.24. The summed E-state index contributed by atoms with van der Waals surface area (Å²) in [5, 5.41) is 0. The second kappa shape index (κ2) is 8.00. The molecule has 1 heterocycles. The minimum atomic E-state index is -3.79. The largest absolute Gasteiger partial charge is 0.497 e. The van der Waals surface area contributed by atoms with Gasteiger partial charge in [0.1, 0.15) is 5.75 Å². The van der Waals surface area contributed by atoms with Crippen LogP contribution in [0.1, 0.15) is 30.1 Å². The maximum absolute atomic E-state index is 12.7. The highest BCUT2D eigenvalue weighted by Gasteiger charge is 2.23. The van der Waals surface area contributed by atoms with Crippen molar-refractivity contribution in [3.8, 4) is 5.75 Å². The van der Waals surface area contributed by atoms with E-state index >= 15 is 0 Å². The van der Waals surface area contributed by atoms with E-state index in [-0.39, 0.29) is 10.8 Å². The Labute approximate surface area is 160 Å². The van der Waals surface area contributed by atoms with Gasteiger partial charge in [-0.2, -0.15) is 0 Å². The number of rotatable bonds is 5. The van der Waals surface area contributed by atoms with Crippen molar-refractivity contribution >= 4 is 21.6 Å². The molecule has 0 saturated carbocycles. The predicted octanol–water partition coefficient (Wildman–Crippen LogP) is 3.37. The quantitative estimate of drug-likeness (QED) is 0.852. The average molecular weight is 388 g/mol. The lowest BCUT2D eigenvalue weighted by atomic mass is 9.98. The highest BCUT2D eigenvalue weighted by molar-refractivity contribution is 7.92. The van der Waals surface area contributed by atoms with E-state index in [1.54, 1.807) is 48.4 Å². The summed E-state index contributed by atoms with van der Waals surface area (Å²) in [6.45, 7) is 3.60. The van der Waals surface area contributed by atoms with Crippen LogP contribution < -0.4 is 9.46 Å². The molecule has 0 radical (unpaired) electrons. The fourth-order valence-electron chi connectivity index (χ4n) is 3.06. The Kier molecular flexibility index (Phi) is 5.70. The van der Waals surface area contributed by atoms with Gasteiger partial charge in [0, 0.05) is 24.3 Å². The Hall–Kier alpha value is -2.54. The zero-order chi connectivity index (χ0) is 19.4. The molecule has 2 aromatic rings. The Morgan fingerprint density at radius 1 is 1.11 bits per heavy atom. The van der Waals surface area contributed by atoms with Gasteiger partial charge in [0.2, 0.25) is 0 Å². The van der Waals surface area contributed by atoms with Gasteiger partial charge in [-0.15, -0.1) is 0 Å². The maximum Gasteiger partial charge on any atom is 0.261 e. The minimum Gasteiger partial charge on any atom is -0.497 e. The van der Waals surface area contributed by atoms with Crippen LogP contribution in [0.15, 0.2) is 53.4 Å². The third kappa shape index (κ3) is 4.60. The van der Waals surface area contributed by atoms with Crippen molar-refractivity contribution < 1.29 is 17.9 Å². The van der Waals surface area contributed by atoms with Crippen LogP contribution in [0.25, 0.3) is 0 Å². The molecule has 1 aliphatic rings. The standard InChI is InChI=1S/C20H24N2O4S/c1-15-10-12-22(13-11-15)20(23)16-4-3-5-19(14-16)27(24,25)21-17-6-8-18(26-2)9-7-17/h3-9,14-15,21H,10-13H2,1-2H3. The molecule has 1 fully saturated rings. The van der Waals surface area contributed by atoms with E-state index in [4.69, 9.17) is 4.74 Å². The molecule has 27 heavy (non-hydrogen) atoms. The van der Waals surface area contributed by atoms with Crippen molar-refractivity contribution in [1.82, 2.24) is 4.90 Å². The van der Waals surface area contributed by atoms with E-state index in [2.05, 4.69) is 11.6 Å². The molecule has 0 spiro atoms. The number of sulfonamides is 1. The first-order valence-electron chi connectivity index (χ1n) is 8.95. The van der Waals surface area contributed by atoms with Crippen LogP contribution in [0.2, 0.25) is 0 Å². The molecule has 0 aliphatic carbocycles. The van der Waals surface area contributed by atoms with Crippen LogP contribution in [0, 0.1) is 5.92 Å². The first-order valence-corrected chi connectivity index (χ1v) is 10.4.